The number of rotatable bonds is 3. The van der Waals surface area contributed by atoms with Crippen LogP contribution in [-0.4, -0.2) is 30.1 Å². The molecule has 0 bridgehead atoms. The van der Waals surface area contributed by atoms with Gasteiger partial charge in [-0.1, -0.05) is 17.7 Å². The molecule has 4 heteroatoms. The summed E-state index contributed by atoms with van der Waals surface area (Å²) in [7, 11) is 3.92. The summed E-state index contributed by atoms with van der Waals surface area (Å²) in [5.41, 5.74) is -0.0469. The van der Waals surface area contributed by atoms with E-state index in [2.05, 4.69) is 0 Å². The molecular formula is C9H13ClN2O. The van der Waals surface area contributed by atoms with E-state index in [0.717, 1.165) is 6.54 Å². The monoisotopic (exact) mass is 200 g/mol. The van der Waals surface area contributed by atoms with Crippen molar-refractivity contribution in [2.75, 3.05) is 20.6 Å². The normalized spacial score (nSPS) is 10.8. The van der Waals surface area contributed by atoms with Crippen molar-refractivity contribution in [3.63, 3.8) is 0 Å². The van der Waals surface area contributed by atoms with E-state index in [1.807, 2.05) is 19.0 Å². The number of halogens is 1. The van der Waals surface area contributed by atoms with Crippen molar-refractivity contribution in [3.05, 3.63) is 33.7 Å². The van der Waals surface area contributed by atoms with Crippen molar-refractivity contribution in [1.29, 1.82) is 0 Å². The molecule has 0 aliphatic carbocycles. The molecule has 0 amide bonds. The molecular weight excluding hydrogens is 188 g/mol. The third kappa shape index (κ3) is 2.86. The standard InChI is InChI=1S/C9H13ClN2O/c1-11(2)6-7-12-8(10)4-3-5-9(12)13/h3-5H,6-7H2,1-2H3. The minimum absolute atomic E-state index is 0.0469. The molecule has 0 saturated carbocycles. The van der Waals surface area contributed by atoms with E-state index in [0.29, 0.717) is 11.7 Å². The van der Waals surface area contributed by atoms with Crippen LogP contribution in [0.25, 0.3) is 0 Å². The largest absolute Gasteiger partial charge is 0.308 e. The molecule has 0 aliphatic rings. The molecule has 1 aromatic heterocycles. The summed E-state index contributed by atoms with van der Waals surface area (Å²) in [6.45, 7) is 1.44. The Hall–Kier alpha value is -0.800. The molecule has 1 rings (SSSR count). The first-order chi connectivity index (χ1) is 6.11. The van der Waals surface area contributed by atoms with Gasteiger partial charge in [0.05, 0.1) is 0 Å². The van der Waals surface area contributed by atoms with E-state index in [9.17, 15) is 4.79 Å². The number of aromatic nitrogens is 1. The third-order valence-electron chi connectivity index (χ3n) is 1.77. The van der Waals surface area contributed by atoms with Crippen molar-refractivity contribution in [3.8, 4) is 0 Å². The van der Waals surface area contributed by atoms with Gasteiger partial charge in [0.25, 0.3) is 5.56 Å². The van der Waals surface area contributed by atoms with Crippen molar-refractivity contribution >= 4 is 11.6 Å². The summed E-state index contributed by atoms with van der Waals surface area (Å²) in [4.78, 5) is 13.3. The van der Waals surface area contributed by atoms with Gasteiger partial charge < -0.3 is 4.90 Å². The molecule has 1 heterocycles. The van der Waals surface area contributed by atoms with Gasteiger partial charge in [-0.25, -0.2) is 0 Å². The summed E-state index contributed by atoms with van der Waals surface area (Å²) in [6, 6.07) is 4.90. The molecule has 0 unspecified atom stereocenters. The minimum atomic E-state index is -0.0469. The molecule has 72 valence electrons. The lowest BCUT2D eigenvalue weighted by Crippen LogP contribution is -2.26. The molecule has 0 radical (unpaired) electrons. The maximum absolute atomic E-state index is 11.3. The first-order valence-electron chi connectivity index (χ1n) is 4.11. The van der Waals surface area contributed by atoms with Crippen LogP contribution in [-0.2, 0) is 6.54 Å². The Bertz CT molecular complexity index is 333. The highest BCUT2D eigenvalue weighted by Crippen LogP contribution is 2.03. The van der Waals surface area contributed by atoms with Crippen molar-refractivity contribution in [2.24, 2.45) is 0 Å². The molecule has 13 heavy (non-hydrogen) atoms. The van der Waals surface area contributed by atoms with E-state index in [1.165, 1.54) is 6.07 Å². The van der Waals surface area contributed by atoms with E-state index < -0.39 is 0 Å². The maximum atomic E-state index is 11.3. The van der Waals surface area contributed by atoms with Crippen LogP contribution >= 0.6 is 11.6 Å². The summed E-state index contributed by atoms with van der Waals surface area (Å²) in [5.74, 6) is 0. The van der Waals surface area contributed by atoms with Gasteiger partial charge in [0.1, 0.15) is 5.15 Å². The lowest BCUT2D eigenvalue weighted by molar-refractivity contribution is 0.381. The number of hydrogen-bond acceptors (Lipinski definition) is 2. The van der Waals surface area contributed by atoms with E-state index in [-0.39, 0.29) is 5.56 Å². The Kier molecular flexibility index (Phi) is 3.51. The van der Waals surface area contributed by atoms with Crippen molar-refractivity contribution < 1.29 is 0 Å². The van der Waals surface area contributed by atoms with Crippen LogP contribution in [0.2, 0.25) is 5.15 Å². The van der Waals surface area contributed by atoms with Crippen LogP contribution in [0.5, 0.6) is 0 Å². The lowest BCUT2D eigenvalue weighted by atomic mass is 10.4. The summed E-state index contributed by atoms with van der Waals surface area (Å²) in [6.07, 6.45) is 0. The van der Waals surface area contributed by atoms with Crippen molar-refractivity contribution in [2.45, 2.75) is 6.54 Å². The van der Waals surface area contributed by atoms with Gasteiger partial charge in [-0.05, 0) is 20.2 Å². The number of pyridine rings is 1. The topological polar surface area (TPSA) is 25.2 Å². The fourth-order valence-electron chi connectivity index (χ4n) is 1.01. The van der Waals surface area contributed by atoms with Gasteiger partial charge in [0, 0.05) is 19.2 Å². The zero-order chi connectivity index (χ0) is 9.84. The minimum Gasteiger partial charge on any atom is -0.308 e. The van der Waals surface area contributed by atoms with Gasteiger partial charge in [-0.15, -0.1) is 0 Å². The van der Waals surface area contributed by atoms with Crippen LogP contribution < -0.4 is 5.56 Å². The van der Waals surface area contributed by atoms with Gasteiger partial charge in [-0.2, -0.15) is 0 Å². The van der Waals surface area contributed by atoms with Crippen molar-refractivity contribution in [1.82, 2.24) is 9.47 Å². The third-order valence-corrected chi connectivity index (χ3v) is 2.10. The number of likely N-dealkylation sites (N-methyl/N-ethyl adjacent to an activating group) is 1. The van der Waals surface area contributed by atoms with Crippen LogP contribution in [0.1, 0.15) is 0 Å². The van der Waals surface area contributed by atoms with Gasteiger partial charge in [0.15, 0.2) is 0 Å². The molecule has 0 N–H and O–H groups in total. The van der Waals surface area contributed by atoms with Gasteiger partial charge >= 0.3 is 0 Å². The van der Waals surface area contributed by atoms with Crippen LogP contribution in [0.4, 0.5) is 0 Å². The van der Waals surface area contributed by atoms with E-state index in [4.69, 9.17) is 11.6 Å². The summed E-state index contributed by atoms with van der Waals surface area (Å²) < 4.78 is 1.56. The Morgan fingerprint density at radius 1 is 1.46 bits per heavy atom. The summed E-state index contributed by atoms with van der Waals surface area (Å²) >= 11 is 5.86. The fraction of sp³-hybridized carbons (Fsp3) is 0.444. The van der Waals surface area contributed by atoms with Crippen LogP contribution in [0.15, 0.2) is 23.0 Å². The zero-order valence-corrected chi connectivity index (χ0v) is 8.58. The number of hydrogen-bond donors (Lipinski definition) is 0. The highest BCUT2D eigenvalue weighted by molar-refractivity contribution is 6.29. The molecule has 0 saturated heterocycles. The Morgan fingerprint density at radius 2 is 2.15 bits per heavy atom. The second-order valence-corrected chi connectivity index (χ2v) is 3.53. The van der Waals surface area contributed by atoms with Gasteiger partial charge in [0.2, 0.25) is 0 Å². The maximum Gasteiger partial charge on any atom is 0.251 e. The van der Waals surface area contributed by atoms with E-state index in [1.54, 1.807) is 16.7 Å². The first-order valence-corrected chi connectivity index (χ1v) is 4.49. The Morgan fingerprint density at radius 3 is 2.69 bits per heavy atom. The highest BCUT2D eigenvalue weighted by atomic mass is 35.5. The first kappa shape index (κ1) is 10.3. The second-order valence-electron chi connectivity index (χ2n) is 3.14. The molecule has 0 aliphatic heterocycles. The smallest absolute Gasteiger partial charge is 0.251 e. The quantitative estimate of drug-likeness (QED) is 0.682. The van der Waals surface area contributed by atoms with Gasteiger partial charge in [-0.3, -0.25) is 9.36 Å². The SMILES string of the molecule is CN(C)CCn1c(Cl)cccc1=O. The Labute approximate surface area is 82.5 Å². The average molecular weight is 201 g/mol. The van der Waals surface area contributed by atoms with E-state index >= 15 is 0 Å². The lowest BCUT2D eigenvalue weighted by Gasteiger charge is -2.11. The predicted molar refractivity (Wildman–Crippen MR) is 54.3 cm³/mol. The Balaban J connectivity index is 2.81. The highest BCUT2D eigenvalue weighted by Gasteiger charge is 2.00. The fourth-order valence-corrected chi connectivity index (χ4v) is 1.25. The molecule has 0 atom stereocenters. The second kappa shape index (κ2) is 4.44. The average Bonchev–Trinajstić information content (AvgIpc) is 2.03. The summed E-state index contributed by atoms with van der Waals surface area (Å²) in [5, 5.41) is 0.495. The molecule has 0 spiro atoms. The number of nitrogens with zero attached hydrogens (tertiary/aromatic N) is 2. The molecule has 3 nitrogen and oxygen atoms in total. The van der Waals surface area contributed by atoms with Crippen LogP contribution in [0, 0.1) is 0 Å². The molecule has 0 aromatic carbocycles. The molecule has 1 aromatic rings. The predicted octanol–water partition coefficient (Wildman–Crippen LogP) is 1.06. The van der Waals surface area contributed by atoms with Crippen LogP contribution in [0.3, 0.4) is 0 Å². The zero-order valence-electron chi connectivity index (χ0n) is 7.83. The molecule has 0 fully saturated rings.